The quantitative estimate of drug-likeness (QED) is 0.583. The van der Waals surface area contributed by atoms with Gasteiger partial charge in [0.25, 0.3) is 0 Å². The topological polar surface area (TPSA) is 79.2 Å². The minimum Gasteiger partial charge on any atom is -0.481 e. The third-order valence-electron chi connectivity index (χ3n) is 7.52. The zero-order chi connectivity index (χ0) is 25.1. The highest BCUT2D eigenvalue weighted by molar-refractivity contribution is 5.94. The molecule has 2 atom stereocenters. The van der Waals surface area contributed by atoms with Crippen LogP contribution in [0.15, 0.2) is 99.3 Å². The van der Waals surface area contributed by atoms with Gasteiger partial charge in [0, 0.05) is 37.2 Å². The first-order valence-corrected chi connectivity index (χ1v) is 12.7. The van der Waals surface area contributed by atoms with Gasteiger partial charge in [-0.2, -0.15) is 0 Å². The summed E-state index contributed by atoms with van der Waals surface area (Å²) in [6.45, 7) is 3.42. The van der Waals surface area contributed by atoms with Gasteiger partial charge in [-0.05, 0) is 66.5 Å². The SMILES string of the molecule is C[C@H](C(=O)O)C1=C2C=CC3=CCN(CC3C2)C(=O)C2=CC=C(C=CC=CCOC3=NC=C1CC3)CC2. The largest absolute Gasteiger partial charge is 0.481 e. The molecule has 6 heteroatoms. The van der Waals surface area contributed by atoms with E-state index in [9.17, 15) is 14.7 Å². The summed E-state index contributed by atoms with van der Waals surface area (Å²) in [7, 11) is 0. The van der Waals surface area contributed by atoms with Crippen molar-refractivity contribution in [1.82, 2.24) is 4.90 Å². The van der Waals surface area contributed by atoms with Crippen molar-refractivity contribution in [2.45, 2.75) is 39.0 Å². The van der Waals surface area contributed by atoms with Crippen molar-refractivity contribution in [2.24, 2.45) is 16.8 Å². The van der Waals surface area contributed by atoms with Crippen LogP contribution in [0.2, 0.25) is 0 Å². The van der Waals surface area contributed by atoms with Gasteiger partial charge in [0.1, 0.15) is 6.61 Å². The van der Waals surface area contributed by atoms with Crippen molar-refractivity contribution in [3.8, 4) is 0 Å². The molecular formula is C30H32N2O4. The van der Waals surface area contributed by atoms with Crippen LogP contribution in [0.4, 0.5) is 0 Å². The summed E-state index contributed by atoms with van der Waals surface area (Å²) in [5.74, 6) is -0.568. The molecule has 0 saturated heterocycles. The summed E-state index contributed by atoms with van der Waals surface area (Å²) >= 11 is 0. The van der Waals surface area contributed by atoms with E-state index in [0.29, 0.717) is 44.9 Å². The van der Waals surface area contributed by atoms with E-state index >= 15 is 0 Å². The maximum Gasteiger partial charge on any atom is 0.310 e. The van der Waals surface area contributed by atoms with E-state index in [-0.39, 0.29) is 11.8 Å². The highest BCUT2D eigenvalue weighted by atomic mass is 16.5. The van der Waals surface area contributed by atoms with Gasteiger partial charge in [-0.25, -0.2) is 4.99 Å². The van der Waals surface area contributed by atoms with Gasteiger partial charge in [-0.15, -0.1) is 0 Å². The molecule has 1 amide bonds. The summed E-state index contributed by atoms with van der Waals surface area (Å²) in [6, 6.07) is 0. The third kappa shape index (κ3) is 5.13. The lowest BCUT2D eigenvalue weighted by molar-refractivity contribution is -0.139. The van der Waals surface area contributed by atoms with Crippen LogP contribution in [0.3, 0.4) is 0 Å². The monoisotopic (exact) mass is 484 g/mol. The van der Waals surface area contributed by atoms with E-state index in [0.717, 1.165) is 35.1 Å². The number of aliphatic carboxylic acids is 1. The Labute approximate surface area is 212 Å². The van der Waals surface area contributed by atoms with E-state index in [4.69, 9.17) is 4.74 Å². The fourth-order valence-corrected chi connectivity index (χ4v) is 5.46. The minimum atomic E-state index is -0.847. The van der Waals surface area contributed by atoms with E-state index in [1.165, 1.54) is 11.1 Å². The summed E-state index contributed by atoms with van der Waals surface area (Å²) < 4.78 is 5.82. The number of carbonyl (C=O) groups is 2. The second-order valence-electron chi connectivity index (χ2n) is 9.86. The second kappa shape index (κ2) is 10.5. The fourth-order valence-electron chi connectivity index (χ4n) is 5.46. The molecule has 0 aromatic carbocycles. The molecule has 1 unspecified atom stereocenters. The lowest BCUT2D eigenvalue weighted by atomic mass is 9.77. The number of carboxylic acid groups (broad SMARTS) is 1. The number of ether oxygens (including phenoxy) is 1. The van der Waals surface area contributed by atoms with Gasteiger partial charge in [0.05, 0.1) is 5.92 Å². The molecule has 0 radical (unpaired) electrons. The molecule has 0 saturated carbocycles. The second-order valence-corrected chi connectivity index (χ2v) is 9.86. The van der Waals surface area contributed by atoms with Crippen LogP contribution in [-0.2, 0) is 14.3 Å². The number of carboxylic acids is 1. The number of allylic oxidation sites excluding steroid dienone is 10. The number of carbonyl (C=O) groups excluding carboxylic acids is 1. The molecule has 1 N–H and O–H groups in total. The number of nitrogens with zero attached hydrogens (tertiary/aromatic N) is 2. The number of aliphatic imine (C=N–C) groups is 1. The van der Waals surface area contributed by atoms with Gasteiger partial charge < -0.3 is 14.7 Å². The normalized spacial score (nSPS) is 24.9. The van der Waals surface area contributed by atoms with Crippen LogP contribution in [0.5, 0.6) is 0 Å². The molecule has 6 heterocycles. The highest BCUT2D eigenvalue weighted by Gasteiger charge is 2.32. The Morgan fingerprint density at radius 1 is 1.11 bits per heavy atom. The first-order valence-electron chi connectivity index (χ1n) is 12.7. The first kappa shape index (κ1) is 24.0. The smallest absolute Gasteiger partial charge is 0.310 e. The Morgan fingerprint density at radius 3 is 2.72 bits per heavy atom. The fraction of sp³-hybridized carbons (Fsp3) is 0.367. The van der Waals surface area contributed by atoms with Crippen molar-refractivity contribution in [1.29, 1.82) is 0 Å². The molecule has 6 aliphatic heterocycles. The maximum atomic E-state index is 13.3. The molecule has 6 nitrogen and oxygen atoms in total. The molecular weight excluding hydrogens is 452 g/mol. The molecule has 186 valence electrons. The molecule has 0 aromatic heterocycles. The van der Waals surface area contributed by atoms with Crippen LogP contribution in [0, 0.1) is 11.8 Å². The summed E-state index contributed by atoms with van der Waals surface area (Å²) in [6.07, 6.45) is 23.7. The van der Waals surface area contributed by atoms with E-state index < -0.39 is 11.9 Å². The van der Waals surface area contributed by atoms with Gasteiger partial charge in [0.2, 0.25) is 5.91 Å². The molecule has 8 rings (SSSR count). The minimum absolute atomic E-state index is 0.101. The van der Waals surface area contributed by atoms with E-state index in [2.05, 4.69) is 29.3 Å². The van der Waals surface area contributed by atoms with Crippen molar-refractivity contribution in [3.63, 3.8) is 0 Å². The Balaban J connectivity index is 1.53. The van der Waals surface area contributed by atoms with Crippen molar-refractivity contribution < 1.29 is 19.4 Å². The van der Waals surface area contributed by atoms with Crippen molar-refractivity contribution in [3.05, 3.63) is 94.3 Å². The van der Waals surface area contributed by atoms with E-state index in [1.807, 2.05) is 35.3 Å². The van der Waals surface area contributed by atoms with Crippen LogP contribution in [0.25, 0.3) is 0 Å². The summed E-state index contributed by atoms with van der Waals surface area (Å²) in [5.41, 5.74) is 6.09. The molecule has 0 aromatic rings. The van der Waals surface area contributed by atoms with Crippen molar-refractivity contribution in [2.75, 3.05) is 19.7 Å². The van der Waals surface area contributed by atoms with Crippen LogP contribution in [0.1, 0.15) is 39.0 Å². The zero-order valence-electron chi connectivity index (χ0n) is 20.7. The molecule has 7 bridgehead atoms. The predicted octanol–water partition coefficient (Wildman–Crippen LogP) is 5.21. The van der Waals surface area contributed by atoms with Crippen LogP contribution >= 0.6 is 0 Å². The molecule has 2 aliphatic carbocycles. The van der Waals surface area contributed by atoms with Crippen molar-refractivity contribution >= 4 is 17.8 Å². The number of rotatable bonds is 2. The standard InChI is InChI=1S/C30H32N2O4/c1-20(30(34)35)28-24-11-10-22-14-15-32(19-26(22)17-24)29(33)23-8-6-21(7-9-23)5-3-2-4-16-36-27-13-12-25(28)18-31-27/h2-6,8,10-11,14,18,20,26H,7,9,12-13,15-17,19H2,1H3,(H,34,35)/t20-,26?/m0/s1. The highest BCUT2D eigenvalue weighted by Crippen LogP contribution is 2.38. The predicted molar refractivity (Wildman–Crippen MR) is 140 cm³/mol. The Hall–Kier alpha value is -3.67. The molecule has 36 heavy (non-hydrogen) atoms. The number of hydrogen-bond acceptors (Lipinski definition) is 4. The average Bonchev–Trinajstić information content (AvgIpc) is 2.90. The first-order chi connectivity index (χ1) is 17.5. The van der Waals surface area contributed by atoms with Crippen LogP contribution in [-0.4, -0.2) is 47.5 Å². The lowest BCUT2D eigenvalue weighted by Crippen LogP contribution is -2.40. The van der Waals surface area contributed by atoms with E-state index in [1.54, 1.807) is 13.1 Å². The Morgan fingerprint density at radius 2 is 1.97 bits per heavy atom. The average molecular weight is 485 g/mol. The summed E-state index contributed by atoms with van der Waals surface area (Å²) in [4.78, 5) is 31.8. The summed E-state index contributed by atoms with van der Waals surface area (Å²) in [5, 5.41) is 9.89. The van der Waals surface area contributed by atoms with Gasteiger partial charge >= 0.3 is 5.97 Å². The molecule has 8 aliphatic rings. The Bertz CT molecular complexity index is 1240. The van der Waals surface area contributed by atoms with Crippen LogP contribution < -0.4 is 0 Å². The maximum absolute atomic E-state index is 13.3. The number of amides is 1. The van der Waals surface area contributed by atoms with Gasteiger partial charge in [0.15, 0.2) is 5.90 Å². The lowest BCUT2D eigenvalue weighted by Gasteiger charge is -2.36. The van der Waals surface area contributed by atoms with Gasteiger partial charge in [-0.1, -0.05) is 48.6 Å². The Kier molecular flexibility index (Phi) is 7.03. The molecule has 0 fully saturated rings. The number of hydrogen-bond donors (Lipinski definition) is 1. The molecule has 0 spiro atoms. The van der Waals surface area contributed by atoms with Gasteiger partial charge in [-0.3, -0.25) is 9.59 Å². The zero-order valence-corrected chi connectivity index (χ0v) is 20.7. The third-order valence-corrected chi connectivity index (χ3v) is 7.52.